The number of rotatable bonds is 12. The van der Waals surface area contributed by atoms with E-state index in [1.54, 1.807) is 65.6 Å². The number of anilines is 1. The first-order valence-electron chi connectivity index (χ1n) is 16.9. The number of nitrogens with two attached hydrogens (primary N) is 1. The number of urea groups is 1. The maximum atomic E-state index is 14.2. The SMILES string of the molecule is CCC[N+]1(Cc2cccc(O)c2)CCC[C@@H](N(C(=O)Nc2ccc(C(=O)NC(C)C)cc2)[C@@H](Cc2ccc(O)cc2)C(N)=O)C1.O=C([O-])C(F)(F)F. The van der Waals surface area contributed by atoms with Crippen molar-refractivity contribution in [3.05, 3.63) is 89.5 Å². The van der Waals surface area contributed by atoms with Crippen molar-refractivity contribution in [2.75, 3.05) is 25.0 Å². The zero-order valence-electron chi connectivity index (χ0n) is 29.4. The predicted molar refractivity (Wildman–Crippen MR) is 186 cm³/mol. The minimum Gasteiger partial charge on any atom is -0.542 e. The molecule has 0 bridgehead atoms. The number of phenols is 2. The molecule has 0 aliphatic carbocycles. The van der Waals surface area contributed by atoms with Crippen LogP contribution in [0.4, 0.5) is 23.7 Å². The van der Waals surface area contributed by atoms with E-state index in [4.69, 9.17) is 15.6 Å². The van der Waals surface area contributed by atoms with Gasteiger partial charge in [-0.1, -0.05) is 31.2 Å². The van der Waals surface area contributed by atoms with Crippen LogP contribution in [0.15, 0.2) is 72.8 Å². The summed E-state index contributed by atoms with van der Waals surface area (Å²) in [6, 6.07) is 18.8. The quantitative estimate of drug-likeness (QED) is 0.174. The number of carbonyl (C=O) groups excluding carboxylic acids is 4. The summed E-state index contributed by atoms with van der Waals surface area (Å²) in [6.07, 6.45) is -2.53. The van der Waals surface area contributed by atoms with Crippen molar-refractivity contribution >= 4 is 29.5 Å². The molecular weight excluding hydrogens is 683 g/mol. The molecule has 282 valence electrons. The number of alkyl halides is 3. The van der Waals surface area contributed by atoms with E-state index in [1.807, 2.05) is 26.0 Å². The van der Waals surface area contributed by atoms with Gasteiger partial charge in [0.1, 0.15) is 30.1 Å². The van der Waals surface area contributed by atoms with E-state index in [0.717, 1.165) is 37.1 Å². The largest absolute Gasteiger partial charge is 0.542 e. The molecule has 52 heavy (non-hydrogen) atoms. The molecule has 1 fully saturated rings. The Hall–Kier alpha value is -5.31. The van der Waals surface area contributed by atoms with Crippen LogP contribution < -0.4 is 21.5 Å². The third-order valence-electron chi connectivity index (χ3n) is 8.60. The summed E-state index contributed by atoms with van der Waals surface area (Å²) < 4.78 is 32.3. The number of carbonyl (C=O) groups is 4. The minimum atomic E-state index is -5.19. The first-order valence-corrected chi connectivity index (χ1v) is 16.9. The zero-order chi connectivity index (χ0) is 38.6. The fourth-order valence-corrected chi connectivity index (χ4v) is 6.45. The number of hydrogen-bond donors (Lipinski definition) is 5. The molecule has 1 aliphatic rings. The third kappa shape index (κ3) is 12.2. The van der Waals surface area contributed by atoms with E-state index < -0.39 is 30.1 Å². The molecule has 1 saturated heterocycles. The van der Waals surface area contributed by atoms with Crippen molar-refractivity contribution < 1.29 is 52.2 Å². The molecule has 3 atom stereocenters. The van der Waals surface area contributed by atoms with E-state index in [2.05, 4.69) is 17.6 Å². The van der Waals surface area contributed by atoms with E-state index in [0.29, 0.717) is 35.2 Å². The van der Waals surface area contributed by atoms with E-state index in [1.165, 1.54) is 0 Å². The number of quaternary nitrogens is 1. The van der Waals surface area contributed by atoms with Crippen molar-refractivity contribution in [1.82, 2.24) is 10.2 Å². The maximum Gasteiger partial charge on any atom is 0.430 e. The van der Waals surface area contributed by atoms with Gasteiger partial charge in [0, 0.05) is 29.3 Å². The van der Waals surface area contributed by atoms with Gasteiger partial charge in [0.2, 0.25) is 5.91 Å². The molecule has 3 aromatic rings. The lowest BCUT2D eigenvalue weighted by Gasteiger charge is -2.48. The molecule has 1 heterocycles. The Labute approximate surface area is 300 Å². The Balaban J connectivity index is 0.000000944. The highest BCUT2D eigenvalue weighted by Crippen LogP contribution is 2.30. The Morgan fingerprint density at radius 1 is 0.981 bits per heavy atom. The second kappa shape index (κ2) is 18.3. The summed E-state index contributed by atoms with van der Waals surface area (Å²) in [6.45, 7) is 9.00. The van der Waals surface area contributed by atoms with Gasteiger partial charge in [-0.15, -0.1) is 0 Å². The minimum absolute atomic E-state index is 0.00828. The average Bonchev–Trinajstić information content (AvgIpc) is 3.05. The fourth-order valence-electron chi connectivity index (χ4n) is 6.45. The van der Waals surface area contributed by atoms with Crippen molar-refractivity contribution in [2.24, 2.45) is 5.73 Å². The lowest BCUT2D eigenvalue weighted by Crippen LogP contribution is -2.64. The standard InChI is InChI=1S/C35H45N5O5.C2HF3O2/c1-4-18-40(22-26-7-5-9-31(42)20-26)19-6-8-29(23-40)39(32(33(36)43)21-25-10-16-30(41)17-11-25)35(45)38-28-14-12-27(13-15-28)34(44)37-24(2)3;3-2(4,5)1(6)7/h5,7,9-17,20,24,29,32H,4,6,8,18-19,21-23H2,1-3H3,(H5-,36,37,38,41,42,43,44,45);(H,6,7)/t29-,32+,40?;/m1./s1. The Morgan fingerprint density at radius 3 is 2.15 bits per heavy atom. The van der Waals surface area contributed by atoms with Crippen LogP contribution in [-0.2, 0) is 22.6 Å². The van der Waals surface area contributed by atoms with Crippen LogP contribution in [0.25, 0.3) is 0 Å². The molecule has 0 spiro atoms. The normalized spacial score (nSPS) is 17.6. The second-order valence-corrected chi connectivity index (χ2v) is 13.2. The summed E-state index contributed by atoms with van der Waals surface area (Å²) in [4.78, 5) is 50.1. The van der Waals surface area contributed by atoms with Crippen LogP contribution in [-0.4, -0.2) is 87.3 Å². The first-order chi connectivity index (χ1) is 24.4. The number of amides is 4. The fraction of sp³-hybridized carbons (Fsp3) is 0.405. The van der Waals surface area contributed by atoms with Crippen LogP contribution >= 0.6 is 0 Å². The summed E-state index contributed by atoms with van der Waals surface area (Å²) in [7, 11) is 0. The predicted octanol–water partition coefficient (Wildman–Crippen LogP) is 4.05. The smallest absolute Gasteiger partial charge is 0.430 e. The molecule has 4 amide bonds. The number of phenolic OH excluding ortho intramolecular Hbond substituents is 2. The number of piperidine rings is 1. The molecule has 0 radical (unpaired) electrons. The zero-order valence-corrected chi connectivity index (χ0v) is 29.4. The Morgan fingerprint density at radius 2 is 1.62 bits per heavy atom. The summed E-state index contributed by atoms with van der Waals surface area (Å²) in [5, 5.41) is 34.5. The monoisotopic (exact) mass is 729 g/mol. The third-order valence-corrected chi connectivity index (χ3v) is 8.60. The van der Waals surface area contributed by atoms with E-state index in [-0.39, 0.29) is 35.9 Å². The molecule has 4 rings (SSSR count). The summed E-state index contributed by atoms with van der Waals surface area (Å²) >= 11 is 0. The molecule has 6 N–H and O–H groups in total. The van der Waals surface area contributed by atoms with Crippen LogP contribution in [0.3, 0.4) is 0 Å². The Kier molecular flexibility index (Phi) is 14.4. The molecule has 12 nitrogen and oxygen atoms in total. The number of nitrogens with one attached hydrogen (secondary N) is 2. The molecule has 0 aromatic heterocycles. The van der Waals surface area contributed by atoms with Crippen molar-refractivity contribution in [3.63, 3.8) is 0 Å². The van der Waals surface area contributed by atoms with Gasteiger partial charge < -0.3 is 45.9 Å². The van der Waals surface area contributed by atoms with Gasteiger partial charge in [-0.2, -0.15) is 13.2 Å². The number of likely N-dealkylation sites (tertiary alicyclic amines) is 1. The van der Waals surface area contributed by atoms with Crippen molar-refractivity contribution in [1.29, 1.82) is 0 Å². The van der Waals surface area contributed by atoms with Gasteiger partial charge in [-0.25, -0.2) is 4.79 Å². The molecule has 15 heteroatoms. The number of benzene rings is 3. The van der Waals surface area contributed by atoms with Gasteiger partial charge in [0.25, 0.3) is 5.91 Å². The summed E-state index contributed by atoms with van der Waals surface area (Å²) in [5.74, 6) is -3.51. The van der Waals surface area contributed by atoms with Gasteiger partial charge in [-0.3, -0.25) is 9.59 Å². The summed E-state index contributed by atoms with van der Waals surface area (Å²) in [5.41, 5.74) is 8.76. The highest BCUT2D eigenvalue weighted by molar-refractivity contribution is 5.96. The Bertz CT molecular complexity index is 1670. The van der Waals surface area contributed by atoms with Crippen LogP contribution in [0.1, 0.15) is 61.5 Å². The number of hydrogen-bond acceptors (Lipinski definition) is 7. The molecule has 0 saturated carbocycles. The van der Waals surface area contributed by atoms with Crippen LogP contribution in [0.2, 0.25) is 0 Å². The van der Waals surface area contributed by atoms with Crippen molar-refractivity contribution in [2.45, 2.75) is 77.3 Å². The van der Waals surface area contributed by atoms with Gasteiger partial charge in [-0.05, 0) is 87.2 Å². The number of aromatic hydroxyl groups is 2. The highest BCUT2D eigenvalue weighted by Gasteiger charge is 2.42. The average molecular weight is 730 g/mol. The van der Waals surface area contributed by atoms with Crippen molar-refractivity contribution in [3.8, 4) is 11.5 Å². The second-order valence-electron chi connectivity index (χ2n) is 13.2. The molecule has 1 unspecified atom stereocenters. The number of primary amides is 1. The van der Waals surface area contributed by atoms with Crippen LogP contribution in [0.5, 0.6) is 11.5 Å². The molecule has 1 aliphatic heterocycles. The van der Waals surface area contributed by atoms with E-state index >= 15 is 0 Å². The lowest BCUT2D eigenvalue weighted by atomic mass is 9.95. The van der Waals surface area contributed by atoms with Gasteiger partial charge in [0.05, 0.1) is 25.7 Å². The topological polar surface area (TPSA) is 185 Å². The maximum absolute atomic E-state index is 14.2. The molecule has 3 aromatic carbocycles. The molecular formula is C37H46F3N5O7. The van der Waals surface area contributed by atoms with Crippen LogP contribution in [0, 0.1) is 0 Å². The first kappa shape index (κ1) is 41.1. The van der Waals surface area contributed by atoms with Gasteiger partial charge >= 0.3 is 12.2 Å². The lowest BCUT2D eigenvalue weighted by molar-refractivity contribution is -0.946. The van der Waals surface area contributed by atoms with E-state index in [9.17, 15) is 37.8 Å². The number of halogens is 3. The number of nitrogens with zero attached hydrogens (tertiary/aromatic N) is 2. The van der Waals surface area contributed by atoms with Gasteiger partial charge in [0.15, 0.2) is 0 Å². The number of carboxylic acid groups (broad SMARTS) is 1. The highest BCUT2D eigenvalue weighted by atomic mass is 19.4. The number of aliphatic carboxylic acids is 1. The number of carboxylic acids is 1.